The van der Waals surface area contributed by atoms with Crippen LogP contribution < -0.4 is 0 Å². The van der Waals surface area contributed by atoms with E-state index in [1.807, 2.05) is 24.4 Å². The zero-order valence-corrected chi connectivity index (χ0v) is 9.35. The Hall–Kier alpha value is -2.50. The lowest BCUT2D eigenvalue weighted by molar-refractivity contribution is 0.798. The Morgan fingerprint density at radius 3 is 2.35 bits per heavy atom. The highest BCUT2D eigenvalue weighted by atomic mass is 15.4. The summed E-state index contributed by atoms with van der Waals surface area (Å²) in [6, 6.07) is 8.07. The molecule has 0 spiro atoms. The van der Waals surface area contributed by atoms with Gasteiger partial charge in [0, 0.05) is 0 Å². The fraction of sp³-hybridized carbons (Fsp3) is 0.0909. The molecule has 0 aliphatic heterocycles. The van der Waals surface area contributed by atoms with E-state index in [1.54, 1.807) is 23.3 Å². The summed E-state index contributed by atoms with van der Waals surface area (Å²) in [7, 11) is 0. The van der Waals surface area contributed by atoms with Crippen molar-refractivity contribution in [3.8, 4) is 5.69 Å². The topological polar surface area (TPSA) is 72.3 Å². The highest BCUT2D eigenvalue weighted by Crippen LogP contribution is 2.10. The Bertz CT molecular complexity index is 512. The molecule has 2 heterocycles. The van der Waals surface area contributed by atoms with Crippen molar-refractivity contribution in [2.45, 2.75) is 6.92 Å². The summed E-state index contributed by atoms with van der Waals surface area (Å²) in [5.74, 6) is 0. The second kappa shape index (κ2) is 5.55. The molecule has 6 nitrogen and oxygen atoms in total. The molecule has 0 unspecified atom stereocenters. The zero-order valence-electron chi connectivity index (χ0n) is 9.35. The third-order valence-corrected chi connectivity index (χ3v) is 2.12. The predicted octanol–water partition coefficient (Wildman–Crippen LogP) is 1.38. The summed E-state index contributed by atoms with van der Waals surface area (Å²) < 4.78 is 1.76. The number of H-pyrrole nitrogens is 1. The summed E-state index contributed by atoms with van der Waals surface area (Å²) in [5.41, 5.74) is 2.28. The highest BCUT2D eigenvalue weighted by Gasteiger charge is 1.98. The van der Waals surface area contributed by atoms with E-state index in [9.17, 15) is 0 Å². The van der Waals surface area contributed by atoms with E-state index >= 15 is 0 Å². The first-order valence-corrected chi connectivity index (χ1v) is 5.10. The summed E-state index contributed by atoms with van der Waals surface area (Å²) in [6.45, 7) is 2.05. The third kappa shape index (κ3) is 2.97. The van der Waals surface area contributed by atoms with Gasteiger partial charge in [-0.2, -0.15) is 15.4 Å². The Kier molecular flexibility index (Phi) is 3.59. The van der Waals surface area contributed by atoms with Crippen LogP contribution in [0.3, 0.4) is 0 Å². The van der Waals surface area contributed by atoms with Crippen LogP contribution in [0.25, 0.3) is 5.69 Å². The summed E-state index contributed by atoms with van der Waals surface area (Å²) >= 11 is 0. The number of rotatable bonds is 1. The number of aromatic nitrogens is 6. The molecular weight excluding hydrogens is 216 g/mol. The van der Waals surface area contributed by atoms with E-state index in [-0.39, 0.29) is 0 Å². The van der Waals surface area contributed by atoms with Gasteiger partial charge in [0.05, 0.1) is 30.5 Å². The van der Waals surface area contributed by atoms with Gasteiger partial charge in [0.25, 0.3) is 0 Å². The highest BCUT2D eigenvalue weighted by molar-refractivity contribution is 5.38. The molecular formula is C11H12N6. The maximum absolute atomic E-state index is 3.91. The van der Waals surface area contributed by atoms with Gasteiger partial charge < -0.3 is 0 Å². The number of hydrogen-bond acceptors (Lipinski definition) is 4. The molecule has 0 amide bonds. The van der Waals surface area contributed by atoms with Crippen LogP contribution in [-0.2, 0) is 0 Å². The number of benzene rings is 1. The van der Waals surface area contributed by atoms with Crippen LogP contribution in [-0.4, -0.2) is 30.4 Å². The molecule has 17 heavy (non-hydrogen) atoms. The molecule has 2 aromatic heterocycles. The van der Waals surface area contributed by atoms with E-state index < -0.39 is 0 Å². The molecule has 0 radical (unpaired) electrons. The Morgan fingerprint density at radius 2 is 1.82 bits per heavy atom. The van der Waals surface area contributed by atoms with Gasteiger partial charge in [-0.3, -0.25) is 0 Å². The lowest BCUT2D eigenvalue weighted by Gasteiger charge is -2.02. The minimum absolute atomic E-state index is 1.08. The molecule has 0 atom stereocenters. The van der Waals surface area contributed by atoms with E-state index in [1.165, 1.54) is 5.56 Å². The number of aryl methyl sites for hydroxylation is 1. The second-order valence-corrected chi connectivity index (χ2v) is 3.29. The van der Waals surface area contributed by atoms with Crippen LogP contribution in [0.15, 0.2) is 49.1 Å². The molecule has 0 aliphatic rings. The summed E-state index contributed by atoms with van der Waals surface area (Å²) in [6.07, 6.45) is 6.68. The lowest BCUT2D eigenvalue weighted by atomic mass is 10.2. The van der Waals surface area contributed by atoms with Crippen molar-refractivity contribution >= 4 is 0 Å². The normalized spacial score (nSPS) is 9.47. The average Bonchev–Trinajstić information content (AvgIpc) is 3.06. The van der Waals surface area contributed by atoms with Crippen molar-refractivity contribution in [1.29, 1.82) is 0 Å². The molecule has 6 heteroatoms. The van der Waals surface area contributed by atoms with Crippen LogP contribution in [0.2, 0.25) is 0 Å². The lowest BCUT2D eigenvalue weighted by Crippen LogP contribution is -1.96. The SMILES string of the molecule is Cc1ccccc1-n1ccnn1.c1cn[nH]n1. The second-order valence-electron chi connectivity index (χ2n) is 3.29. The van der Waals surface area contributed by atoms with Gasteiger partial charge in [-0.05, 0) is 18.6 Å². The summed E-state index contributed by atoms with van der Waals surface area (Å²) in [4.78, 5) is 0. The molecule has 3 rings (SSSR count). The van der Waals surface area contributed by atoms with E-state index in [4.69, 9.17) is 0 Å². The zero-order chi connectivity index (χ0) is 11.9. The van der Waals surface area contributed by atoms with Crippen LogP contribution in [0.5, 0.6) is 0 Å². The maximum atomic E-state index is 3.91. The van der Waals surface area contributed by atoms with Crippen LogP contribution in [0, 0.1) is 6.92 Å². The largest absolute Gasteiger partial charge is 0.221 e. The number of hydrogen-bond donors (Lipinski definition) is 1. The van der Waals surface area contributed by atoms with E-state index in [2.05, 4.69) is 38.7 Å². The van der Waals surface area contributed by atoms with Gasteiger partial charge in [0.15, 0.2) is 0 Å². The number of nitrogens with zero attached hydrogens (tertiary/aromatic N) is 5. The fourth-order valence-corrected chi connectivity index (χ4v) is 1.32. The molecule has 0 aliphatic carbocycles. The van der Waals surface area contributed by atoms with Crippen molar-refractivity contribution in [1.82, 2.24) is 30.4 Å². The van der Waals surface area contributed by atoms with Gasteiger partial charge in [-0.15, -0.1) is 5.10 Å². The van der Waals surface area contributed by atoms with Crippen molar-refractivity contribution < 1.29 is 0 Å². The molecule has 1 N–H and O–H groups in total. The van der Waals surface area contributed by atoms with Gasteiger partial charge in [0.2, 0.25) is 0 Å². The van der Waals surface area contributed by atoms with Crippen molar-refractivity contribution in [3.63, 3.8) is 0 Å². The van der Waals surface area contributed by atoms with Crippen molar-refractivity contribution in [2.75, 3.05) is 0 Å². The van der Waals surface area contributed by atoms with Crippen LogP contribution >= 0.6 is 0 Å². The van der Waals surface area contributed by atoms with Crippen LogP contribution in [0.4, 0.5) is 0 Å². The molecule has 0 bridgehead atoms. The van der Waals surface area contributed by atoms with E-state index in [0.29, 0.717) is 0 Å². The van der Waals surface area contributed by atoms with Crippen molar-refractivity contribution in [3.05, 3.63) is 54.6 Å². The Labute approximate surface area is 98.3 Å². The van der Waals surface area contributed by atoms with Gasteiger partial charge >= 0.3 is 0 Å². The number of aromatic amines is 1. The minimum Gasteiger partial charge on any atom is -0.221 e. The Morgan fingerprint density at radius 1 is 1.06 bits per heavy atom. The first kappa shape index (κ1) is 11.0. The monoisotopic (exact) mass is 228 g/mol. The quantitative estimate of drug-likeness (QED) is 0.683. The minimum atomic E-state index is 1.08. The Balaban J connectivity index is 0.000000181. The standard InChI is InChI=1S/C9H9N3.C2H3N3/c1-8-4-2-3-5-9(8)12-7-6-10-11-12;1-2-4-5-3-1/h2-7H,1H3;1-2H,(H,3,4,5). The first-order chi connectivity index (χ1) is 8.38. The van der Waals surface area contributed by atoms with Gasteiger partial charge in [-0.25, -0.2) is 4.68 Å². The molecule has 0 fully saturated rings. The number of nitrogens with one attached hydrogen (secondary N) is 1. The maximum Gasteiger partial charge on any atom is 0.0697 e. The van der Waals surface area contributed by atoms with Crippen molar-refractivity contribution in [2.24, 2.45) is 0 Å². The molecule has 0 saturated heterocycles. The molecule has 1 aromatic carbocycles. The summed E-state index contributed by atoms with van der Waals surface area (Å²) in [5, 5.41) is 17.0. The predicted molar refractivity (Wildman–Crippen MR) is 62.5 cm³/mol. The fourth-order valence-electron chi connectivity index (χ4n) is 1.32. The third-order valence-electron chi connectivity index (χ3n) is 2.12. The smallest absolute Gasteiger partial charge is 0.0697 e. The average molecular weight is 228 g/mol. The van der Waals surface area contributed by atoms with Crippen LogP contribution in [0.1, 0.15) is 5.56 Å². The van der Waals surface area contributed by atoms with E-state index in [0.717, 1.165) is 5.69 Å². The van der Waals surface area contributed by atoms with Gasteiger partial charge in [-0.1, -0.05) is 23.4 Å². The molecule has 3 aromatic rings. The molecule has 86 valence electrons. The number of para-hydroxylation sites is 1. The van der Waals surface area contributed by atoms with Gasteiger partial charge in [0.1, 0.15) is 0 Å². The molecule has 0 saturated carbocycles. The first-order valence-electron chi connectivity index (χ1n) is 5.10.